The number of carbonyl (C=O) groups excluding carboxylic acids is 2. The molecule has 1 aromatic rings. The fraction of sp³-hybridized carbons (Fsp3) is 0.364. The molecule has 7 nitrogen and oxygen atoms in total. The summed E-state index contributed by atoms with van der Waals surface area (Å²) in [5, 5.41) is 2.84. The van der Waals surface area contributed by atoms with Crippen LogP contribution in [0.1, 0.15) is 23.7 Å². The minimum absolute atomic E-state index is 0.157. The molecule has 7 heteroatoms. The molecule has 1 heterocycles. The first-order chi connectivity index (χ1) is 8.56. The number of rotatable bonds is 6. The summed E-state index contributed by atoms with van der Waals surface area (Å²) in [7, 11) is 0. The van der Waals surface area contributed by atoms with Crippen LogP contribution in [0.5, 0.6) is 0 Å². The molecule has 1 amide bonds. The molecule has 0 aliphatic rings. The zero-order chi connectivity index (χ0) is 13.5. The smallest absolute Gasteiger partial charge is 0.340 e. The molecule has 0 saturated carbocycles. The molecule has 0 atom stereocenters. The van der Waals surface area contributed by atoms with Crippen molar-refractivity contribution in [1.29, 1.82) is 0 Å². The van der Waals surface area contributed by atoms with Crippen LogP contribution in [-0.4, -0.2) is 30.0 Å². The number of nitrogens with zero attached hydrogens (tertiary/aromatic N) is 1. The maximum atomic E-state index is 11.6. The molecule has 0 spiro atoms. The third kappa shape index (κ3) is 3.62. The molecular formula is C11H16N4O3. The first-order valence-electron chi connectivity index (χ1n) is 5.50. The molecule has 0 aliphatic carbocycles. The van der Waals surface area contributed by atoms with Crippen LogP contribution in [-0.2, 0) is 9.53 Å². The van der Waals surface area contributed by atoms with Crippen molar-refractivity contribution in [1.82, 2.24) is 4.98 Å². The molecule has 1 aromatic heterocycles. The molecule has 5 N–H and O–H groups in total. The SMILES string of the molecule is CCOC(=O)c1ccnc(NCCC(N)=O)c1N. The van der Waals surface area contributed by atoms with Crippen LogP contribution in [0.15, 0.2) is 12.3 Å². The summed E-state index contributed by atoms with van der Waals surface area (Å²) in [4.78, 5) is 26.1. The van der Waals surface area contributed by atoms with Crippen LogP contribution >= 0.6 is 0 Å². The molecule has 0 bridgehead atoms. The lowest BCUT2D eigenvalue weighted by Crippen LogP contribution is -2.17. The van der Waals surface area contributed by atoms with Crippen LogP contribution in [0.4, 0.5) is 11.5 Å². The molecule has 0 radical (unpaired) electrons. The van der Waals surface area contributed by atoms with E-state index in [1.54, 1.807) is 6.92 Å². The van der Waals surface area contributed by atoms with Crippen LogP contribution in [0, 0.1) is 0 Å². The Balaban J connectivity index is 2.78. The van der Waals surface area contributed by atoms with Gasteiger partial charge in [-0.15, -0.1) is 0 Å². The Hall–Kier alpha value is -2.31. The number of pyridine rings is 1. The molecule has 0 saturated heterocycles. The third-order valence-corrected chi connectivity index (χ3v) is 2.15. The van der Waals surface area contributed by atoms with Gasteiger partial charge in [-0.1, -0.05) is 0 Å². The van der Waals surface area contributed by atoms with Crippen molar-refractivity contribution in [2.45, 2.75) is 13.3 Å². The van der Waals surface area contributed by atoms with Crippen molar-refractivity contribution in [3.05, 3.63) is 17.8 Å². The van der Waals surface area contributed by atoms with Gasteiger partial charge in [0.1, 0.15) is 5.82 Å². The minimum atomic E-state index is -0.504. The fourth-order valence-electron chi connectivity index (χ4n) is 1.31. The highest BCUT2D eigenvalue weighted by Gasteiger charge is 2.14. The predicted molar refractivity (Wildman–Crippen MR) is 66.9 cm³/mol. The number of primary amides is 1. The van der Waals surface area contributed by atoms with Gasteiger partial charge in [-0.3, -0.25) is 4.79 Å². The van der Waals surface area contributed by atoms with E-state index in [4.69, 9.17) is 16.2 Å². The number of esters is 1. The highest BCUT2D eigenvalue weighted by atomic mass is 16.5. The zero-order valence-electron chi connectivity index (χ0n) is 10.1. The number of anilines is 2. The van der Waals surface area contributed by atoms with E-state index in [0.29, 0.717) is 12.4 Å². The van der Waals surface area contributed by atoms with Crippen LogP contribution in [0.2, 0.25) is 0 Å². The predicted octanol–water partition coefficient (Wildman–Crippen LogP) is 0.128. The Bertz CT molecular complexity index is 448. The highest BCUT2D eigenvalue weighted by molar-refractivity contribution is 5.97. The standard InChI is InChI=1S/C11H16N4O3/c1-2-18-11(17)7-3-5-14-10(9(7)13)15-6-4-8(12)16/h3,5H,2,4,6,13H2,1H3,(H2,12,16)(H,14,15). The molecule has 98 valence electrons. The first-order valence-corrected chi connectivity index (χ1v) is 5.50. The van der Waals surface area contributed by atoms with Gasteiger partial charge in [0, 0.05) is 19.2 Å². The quantitative estimate of drug-likeness (QED) is 0.619. The average molecular weight is 252 g/mol. The Labute approximate surface area is 105 Å². The number of amides is 1. The second-order valence-corrected chi connectivity index (χ2v) is 3.48. The second kappa shape index (κ2) is 6.43. The Kier molecular flexibility index (Phi) is 4.91. The summed E-state index contributed by atoms with van der Waals surface area (Å²) in [6.07, 6.45) is 1.60. The lowest BCUT2D eigenvalue weighted by atomic mass is 10.2. The maximum Gasteiger partial charge on any atom is 0.340 e. The molecule has 0 unspecified atom stereocenters. The number of hydrogen-bond acceptors (Lipinski definition) is 6. The van der Waals surface area contributed by atoms with E-state index < -0.39 is 11.9 Å². The van der Waals surface area contributed by atoms with Gasteiger partial charge in [0.05, 0.1) is 17.9 Å². The first kappa shape index (κ1) is 13.8. The summed E-state index contributed by atoms with van der Waals surface area (Å²) in [6.45, 7) is 2.28. The van der Waals surface area contributed by atoms with Gasteiger partial charge >= 0.3 is 5.97 Å². The number of ether oxygens (including phenoxy) is 1. The molecule has 0 fully saturated rings. The lowest BCUT2D eigenvalue weighted by Gasteiger charge is -2.10. The topological polar surface area (TPSA) is 120 Å². The molecule has 18 heavy (non-hydrogen) atoms. The maximum absolute atomic E-state index is 11.6. The van der Waals surface area contributed by atoms with Crippen molar-refractivity contribution in [2.75, 3.05) is 24.2 Å². The van der Waals surface area contributed by atoms with Crippen molar-refractivity contribution < 1.29 is 14.3 Å². The van der Waals surface area contributed by atoms with Crippen molar-refractivity contribution in [3.63, 3.8) is 0 Å². The van der Waals surface area contributed by atoms with E-state index in [1.165, 1.54) is 12.3 Å². The Morgan fingerprint density at radius 2 is 2.22 bits per heavy atom. The summed E-state index contributed by atoms with van der Waals surface area (Å²) < 4.78 is 4.86. The lowest BCUT2D eigenvalue weighted by molar-refractivity contribution is -0.117. The fourth-order valence-corrected chi connectivity index (χ4v) is 1.31. The monoisotopic (exact) mass is 252 g/mol. The van der Waals surface area contributed by atoms with Crippen LogP contribution in [0.3, 0.4) is 0 Å². The van der Waals surface area contributed by atoms with E-state index in [9.17, 15) is 9.59 Å². The van der Waals surface area contributed by atoms with Gasteiger partial charge in [-0.05, 0) is 13.0 Å². The van der Waals surface area contributed by atoms with Gasteiger partial charge in [-0.25, -0.2) is 9.78 Å². The summed E-state index contributed by atoms with van der Waals surface area (Å²) in [6, 6.07) is 1.48. The van der Waals surface area contributed by atoms with Crippen molar-refractivity contribution in [2.24, 2.45) is 5.73 Å². The number of aromatic nitrogens is 1. The number of nitrogens with one attached hydrogen (secondary N) is 1. The normalized spacial score (nSPS) is 9.83. The van der Waals surface area contributed by atoms with E-state index in [0.717, 1.165) is 0 Å². The number of hydrogen-bond donors (Lipinski definition) is 3. The number of carbonyl (C=O) groups is 2. The Morgan fingerprint density at radius 1 is 1.50 bits per heavy atom. The van der Waals surface area contributed by atoms with Gasteiger partial charge in [0.25, 0.3) is 0 Å². The van der Waals surface area contributed by atoms with E-state index in [-0.39, 0.29) is 24.3 Å². The summed E-state index contributed by atoms with van der Waals surface area (Å²) in [5.74, 6) is -0.597. The minimum Gasteiger partial charge on any atom is -0.462 e. The van der Waals surface area contributed by atoms with Gasteiger partial charge in [0.15, 0.2) is 0 Å². The van der Waals surface area contributed by atoms with E-state index in [2.05, 4.69) is 10.3 Å². The van der Waals surface area contributed by atoms with E-state index in [1.807, 2.05) is 0 Å². The molecule has 0 aromatic carbocycles. The van der Waals surface area contributed by atoms with Gasteiger partial charge < -0.3 is 21.5 Å². The number of nitrogens with two attached hydrogens (primary N) is 2. The molecule has 1 rings (SSSR count). The largest absolute Gasteiger partial charge is 0.462 e. The Morgan fingerprint density at radius 3 is 2.83 bits per heavy atom. The van der Waals surface area contributed by atoms with E-state index >= 15 is 0 Å². The van der Waals surface area contributed by atoms with Crippen molar-refractivity contribution in [3.8, 4) is 0 Å². The number of nitrogen functional groups attached to an aromatic ring is 1. The zero-order valence-corrected chi connectivity index (χ0v) is 10.1. The highest BCUT2D eigenvalue weighted by Crippen LogP contribution is 2.20. The third-order valence-electron chi connectivity index (χ3n) is 2.15. The van der Waals surface area contributed by atoms with Gasteiger partial charge in [-0.2, -0.15) is 0 Å². The summed E-state index contributed by atoms with van der Waals surface area (Å²) in [5.41, 5.74) is 11.2. The van der Waals surface area contributed by atoms with Crippen LogP contribution in [0.25, 0.3) is 0 Å². The van der Waals surface area contributed by atoms with Crippen molar-refractivity contribution >= 4 is 23.4 Å². The average Bonchev–Trinajstić information content (AvgIpc) is 2.31. The summed E-state index contributed by atoms with van der Waals surface area (Å²) >= 11 is 0. The molecule has 0 aliphatic heterocycles. The molecular weight excluding hydrogens is 236 g/mol. The second-order valence-electron chi connectivity index (χ2n) is 3.48. The van der Waals surface area contributed by atoms with Gasteiger partial charge in [0.2, 0.25) is 5.91 Å². The van der Waals surface area contributed by atoms with Crippen LogP contribution < -0.4 is 16.8 Å².